The van der Waals surface area contributed by atoms with Gasteiger partial charge in [0.15, 0.2) is 0 Å². The van der Waals surface area contributed by atoms with Crippen molar-refractivity contribution in [1.29, 1.82) is 0 Å². The topological polar surface area (TPSA) is 22.4 Å². The molecule has 2 nitrogen and oxygen atoms in total. The fourth-order valence-corrected chi connectivity index (χ4v) is 7.05. The summed E-state index contributed by atoms with van der Waals surface area (Å²) in [6, 6.07) is 54.3. The first-order valence-electron chi connectivity index (χ1n) is 15.3. The summed E-state index contributed by atoms with van der Waals surface area (Å²) in [7, 11) is 1.71. The molecule has 9 rings (SSSR count). The first-order valence-corrected chi connectivity index (χ1v) is 15.3. The van der Waals surface area contributed by atoms with Crippen LogP contribution in [-0.4, -0.2) is 7.11 Å². The van der Waals surface area contributed by atoms with Crippen molar-refractivity contribution in [3.8, 4) is 39.1 Å². The quantitative estimate of drug-likeness (QED) is 0.194. The zero-order chi connectivity index (χ0) is 29.9. The molecular formula is C43H28O2. The Labute approximate surface area is 260 Å². The number of ether oxygens (including phenoxy) is 1. The SMILES string of the molecule is COc1ccc2cc(-c3c4ccccc4c(-c4ccc(-c5cccc6c5oc5ccccc56)cc4)c4ccccc34)ccc2c1. The largest absolute Gasteiger partial charge is 0.497 e. The van der Waals surface area contributed by atoms with Crippen molar-refractivity contribution in [2.24, 2.45) is 0 Å². The first-order chi connectivity index (χ1) is 22.3. The molecule has 0 N–H and O–H groups in total. The Balaban J connectivity index is 1.23. The van der Waals surface area contributed by atoms with E-state index in [0.717, 1.165) is 38.8 Å². The molecule has 0 saturated heterocycles. The minimum absolute atomic E-state index is 0.871. The highest BCUT2D eigenvalue weighted by atomic mass is 16.5. The van der Waals surface area contributed by atoms with Crippen molar-refractivity contribution >= 4 is 54.3 Å². The molecule has 8 aromatic carbocycles. The van der Waals surface area contributed by atoms with Crippen molar-refractivity contribution in [1.82, 2.24) is 0 Å². The highest BCUT2D eigenvalue weighted by Crippen LogP contribution is 2.45. The zero-order valence-corrected chi connectivity index (χ0v) is 24.8. The molecule has 2 heteroatoms. The van der Waals surface area contributed by atoms with Crippen LogP contribution in [0.15, 0.2) is 156 Å². The van der Waals surface area contributed by atoms with Gasteiger partial charge in [0.2, 0.25) is 0 Å². The molecule has 45 heavy (non-hydrogen) atoms. The molecule has 0 saturated carbocycles. The van der Waals surface area contributed by atoms with Gasteiger partial charge in [0, 0.05) is 16.3 Å². The highest BCUT2D eigenvalue weighted by Gasteiger charge is 2.18. The number of fused-ring (bicyclic) bond motifs is 6. The lowest BCUT2D eigenvalue weighted by Crippen LogP contribution is -1.91. The molecular weight excluding hydrogens is 548 g/mol. The summed E-state index contributed by atoms with van der Waals surface area (Å²) in [4.78, 5) is 0. The van der Waals surface area contributed by atoms with Gasteiger partial charge in [-0.05, 0) is 84.4 Å². The van der Waals surface area contributed by atoms with Crippen LogP contribution in [0, 0.1) is 0 Å². The van der Waals surface area contributed by atoms with E-state index in [1.54, 1.807) is 7.11 Å². The molecule has 0 aliphatic rings. The van der Waals surface area contributed by atoms with Crippen LogP contribution in [0.2, 0.25) is 0 Å². The second kappa shape index (κ2) is 10.1. The summed E-state index contributed by atoms with van der Waals surface area (Å²) in [6.07, 6.45) is 0. The average Bonchev–Trinajstić information content (AvgIpc) is 3.49. The van der Waals surface area contributed by atoms with E-state index in [-0.39, 0.29) is 0 Å². The zero-order valence-electron chi connectivity index (χ0n) is 24.8. The molecule has 0 bridgehead atoms. The molecule has 0 aliphatic heterocycles. The molecule has 0 unspecified atom stereocenters. The Morgan fingerprint density at radius 1 is 0.422 bits per heavy atom. The molecule has 1 aromatic heterocycles. The molecule has 0 amide bonds. The summed E-state index contributed by atoms with van der Waals surface area (Å²) in [6.45, 7) is 0. The smallest absolute Gasteiger partial charge is 0.143 e. The van der Waals surface area contributed by atoms with E-state index >= 15 is 0 Å². The van der Waals surface area contributed by atoms with Gasteiger partial charge in [-0.2, -0.15) is 0 Å². The lowest BCUT2D eigenvalue weighted by molar-refractivity contribution is 0.415. The first kappa shape index (κ1) is 25.6. The lowest BCUT2D eigenvalue weighted by atomic mass is 9.85. The van der Waals surface area contributed by atoms with E-state index in [4.69, 9.17) is 9.15 Å². The van der Waals surface area contributed by atoms with E-state index < -0.39 is 0 Å². The molecule has 0 aliphatic carbocycles. The fourth-order valence-electron chi connectivity index (χ4n) is 7.05. The van der Waals surface area contributed by atoms with Gasteiger partial charge in [0.25, 0.3) is 0 Å². The van der Waals surface area contributed by atoms with E-state index in [9.17, 15) is 0 Å². The third-order valence-corrected chi connectivity index (χ3v) is 9.16. The maximum Gasteiger partial charge on any atom is 0.143 e. The Morgan fingerprint density at radius 3 is 1.64 bits per heavy atom. The third kappa shape index (κ3) is 4.03. The average molecular weight is 577 g/mol. The molecule has 1 heterocycles. The summed E-state index contributed by atoms with van der Waals surface area (Å²) < 4.78 is 11.8. The van der Waals surface area contributed by atoms with Gasteiger partial charge in [-0.3, -0.25) is 0 Å². The predicted octanol–water partition coefficient (Wildman–Crippen LogP) is 12.1. The van der Waals surface area contributed by atoms with Crippen LogP contribution in [0.1, 0.15) is 0 Å². The number of para-hydroxylation sites is 2. The van der Waals surface area contributed by atoms with Crippen molar-refractivity contribution in [3.63, 3.8) is 0 Å². The monoisotopic (exact) mass is 576 g/mol. The summed E-state index contributed by atoms with van der Waals surface area (Å²) >= 11 is 0. The molecule has 0 spiro atoms. The van der Waals surface area contributed by atoms with E-state index in [1.165, 1.54) is 54.6 Å². The minimum Gasteiger partial charge on any atom is -0.497 e. The van der Waals surface area contributed by atoms with E-state index in [2.05, 4.69) is 133 Å². The third-order valence-electron chi connectivity index (χ3n) is 9.16. The van der Waals surface area contributed by atoms with Gasteiger partial charge in [-0.15, -0.1) is 0 Å². The highest BCUT2D eigenvalue weighted by molar-refractivity contribution is 6.22. The van der Waals surface area contributed by atoms with Crippen LogP contribution >= 0.6 is 0 Å². The summed E-state index contributed by atoms with van der Waals surface area (Å²) in [5.41, 5.74) is 9.01. The number of methoxy groups -OCH3 is 1. The van der Waals surface area contributed by atoms with Gasteiger partial charge >= 0.3 is 0 Å². The standard InChI is InChI=1S/C43H28O2/c1-44-32-24-23-29-25-31(22-21-30(29)26-32)42-37-12-4-2-10-35(37)41(36-11-3-5-13-38(36)42)28-19-17-27(18-20-28)33-14-8-15-39-34-9-6-7-16-40(34)45-43(33)39/h2-26H,1H3. The lowest BCUT2D eigenvalue weighted by Gasteiger charge is -2.18. The van der Waals surface area contributed by atoms with Crippen LogP contribution in [0.3, 0.4) is 0 Å². The van der Waals surface area contributed by atoms with Crippen LogP contribution in [0.4, 0.5) is 0 Å². The fraction of sp³-hybridized carbons (Fsp3) is 0.0233. The minimum atomic E-state index is 0.871. The maximum absolute atomic E-state index is 6.36. The van der Waals surface area contributed by atoms with Crippen molar-refractivity contribution in [2.75, 3.05) is 7.11 Å². The van der Waals surface area contributed by atoms with Gasteiger partial charge < -0.3 is 9.15 Å². The molecule has 0 radical (unpaired) electrons. The Kier molecular flexibility index (Phi) is 5.76. The number of benzene rings is 8. The van der Waals surface area contributed by atoms with Crippen molar-refractivity contribution in [3.05, 3.63) is 152 Å². The van der Waals surface area contributed by atoms with Crippen molar-refractivity contribution in [2.45, 2.75) is 0 Å². The van der Waals surface area contributed by atoms with Crippen molar-refractivity contribution < 1.29 is 9.15 Å². The number of hydrogen-bond acceptors (Lipinski definition) is 2. The van der Waals surface area contributed by atoms with E-state index in [0.29, 0.717) is 0 Å². The molecule has 9 aromatic rings. The Morgan fingerprint density at radius 2 is 0.956 bits per heavy atom. The number of furan rings is 1. The summed E-state index contributed by atoms with van der Waals surface area (Å²) in [5.74, 6) is 0.871. The Bertz CT molecular complexity index is 2510. The van der Waals surface area contributed by atoms with Crippen LogP contribution in [0.25, 0.3) is 87.6 Å². The maximum atomic E-state index is 6.36. The van der Waals surface area contributed by atoms with Crippen LogP contribution in [-0.2, 0) is 0 Å². The summed E-state index contributed by atoms with van der Waals surface area (Å²) in [5, 5.41) is 9.64. The van der Waals surface area contributed by atoms with Crippen LogP contribution < -0.4 is 4.74 Å². The Hall–Kier alpha value is -5.86. The van der Waals surface area contributed by atoms with Gasteiger partial charge in [-0.1, -0.05) is 127 Å². The normalized spacial score (nSPS) is 11.7. The van der Waals surface area contributed by atoms with Gasteiger partial charge in [0.05, 0.1) is 7.11 Å². The van der Waals surface area contributed by atoms with Crippen LogP contribution in [0.5, 0.6) is 5.75 Å². The number of hydrogen-bond donors (Lipinski definition) is 0. The molecule has 0 fully saturated rings. The molecule has 0 atom stereocenters. The second-order valence-electron chi connectivity index (χ2n) is 11.6. The second-order valence-corrected chi connectivity index (χ2v) is 11.6. The number of rotatable bonds is 4. The van der Waals surface area contributed by atoms with Gasteiger partial charge in [-0.25, -0.2) is 0 Å². The predicted molar refractivity (Wildman–Crippen MR) is 189 cm³/mol. The van der Waals surface area contributed by atoms with Gasteiger partial charge in [0.1, 0.15) is 16.9 Å². The van der Waals surface area contributed by atoms with E-state index in [1.807, 2.05) is 18.2 Å². The molecule has 212 valence electrons.